The van der Waals surface area contributed by atoms with Gasteiger partial charge in [-0.2, -0.15) is 0 Å². The van der Waals surface area contributed by atoms with E-state index in [9.17, 15) is 8.42 Å². The summed E-state index contributed by atoms with van der Waals surface area (Å²) in [5.74, 6) is 0.346. The maximum atomic E-state index is 12.3. The first-order valence-corrected chi connectivity index (χ1v) is 8.19. The van der Waals surface area contributed by atoms with E-state index in [0.29, 0.717) is 11.6 Å². The van der Waals surface area contributed by atoms with Crippen LogP contribution in [0.15, 0.2) is 47.4 Å². The van der Waals surface area contributed by atoms with Gasteiger partial charge in [-0.25, -0.2) is 8.42 Å². The monoisotopic (exact) mass is 309 g/mol. The largest absolute Gasteiger partial charge is 0.280 e. The Hall–Kier alpha value is -1.52. The fraction of sp³-hybridized carbons (Fsp3) is 0.200. The molecule has 2 aromatic rings. The van der Waals surface area contributed by atoms with Crippen LogP contribution in [0.1, 0.15) is 16.7 Å². The first-order valence-electron chi connectivity index (χ1n) is 6.17. The lowest BCUT2D eigenvalue weighted by atomic mass is 10.1. The van der Waals surface area contributed by atoms with Crippen LogP contribution in [0.3, 0.4) is 0 Å². The molecule has 0 fully saturated rings. The van der Waals surface area contributed by atoms with Gasteiger partial charge in [0, 0.05) is 11.6 Å². The Morgan fingerprint density at radius 3 is 2.45 bits per heavy atom. The average Bonchev–Trinajstić information content (AvgIpc) is 2.41. The molecule has 5 heteroatoms. The lowest BCUT2D eigenvalue weighted by Crippen LogP contribution is -2.13. The number of hydrogen-bond acceptors (Lipinski definition) is 2. The Bertz CT molecular complexity index is 726. The van der Waals surface area contributed by atoms with E-state index in [0.717, 1.165) is 16.7 Å². The summed E-state index contributed by atoms with van der Waals surface area (Å²) >= 11 is 5.75. The third-order valence-electron chi connectivity index (χ3n) is 3.12. The third-order valence-corrected chi connectivity index (χ3v) is 4.81. The molecule has 0 atom stereocenters. The molecule has 0 aliphatic carbocycles. The van der Waals surface area contributed by atoms with Gasteiger partial charge in [-0.3, -0.25) is 4.72 Å². The van der Waals surface area contributed by atoms with Crippen LogP contribution in [-0.2, 0) is 15.9 Å². The second-order valence-electron chi connectivity index (χ2n) is 4.69. The summed E-state index contributed by atoms with van der Waals surface area (Å²) < 4.78 is 27.2. The SMILES string of the molecule is Cc1ccc(S(=O)(=O)Nc2cccc(CCl)c2)cc1C. The summed E-state index contributed by atoms with van der Waals surface area (Å²) in [4.78, 5) is 0.261. The van der Waals surface area contributed by atoms with Crippen molar-refractivity contribution in [3.63, 3.8) is 0 Å². The highest BCUT2D eigenvalue weighted by molar-refractivity contribution is 7.92. The number of rotatable bonds is 4. The molecule has 0 aromatic heterocycles. The molecule has 0 amide bonds. The Kier molecular flexibility index (Phi) is 4.35. The van der Waals surface area contributed by atoms with Gasteiger partial charge in [-0.1, -0.05) is 18.2 Å². The highest BCUT2D eigenvalue weighted by Crippen LogP contribution is 2.20. The van der Waals surface area contributed by atoms with Gasteiger partial charge in [0.25, 0.3) is 10.0 Å². The number of aryl methyl sites for hydroxylation is 2. The van der Waals surface area contributed by atoms with Gasteiger partial charge in [0.2, 0.25) is 0 Å². The zero-order chi connectivity index (χ0) is 14.8. The number of hydrogen-bond donors (Lipinski definition) is 1. The van der Waals surface area contributed by atoms with Crippen molar-refractivity contribution in [3.8, 4) is 0 Å². The molecular formula is C15H16ClNO2S. The summed E-state index contributed by atoms with van der Waals surface area (Å²) in [6, 6.07) is 12.1. The van der Waals surface area contributed by atoms with Gasteiger partial charge in [0.1, 0.15) is 0 Å². The molecule has 3 nitrogen and oxygen atoms in total. The van der Waals surface area contributed by atoms with Crippen LogP contribution in [0.25, 0.3) is 0 Å². The van der Waals surface area contributed by atoms with Crippen LogP contribution in [0.4, 0.5) is 5.69 Å². The maximum Gasteiger partial charge on any atom is 0.261 e. The number of nitrogens with one attached hydrogen (secondary N) is 1. The van der Waals surface area contributed by atoms with Gasteiger partial charge in [0.15, 0.2) is 0 Å². The van der Waals surface area contributed by atoms with Crippen LogP contribution in [0, 0.1) is 13.8 Å². The lowest BCUT2D eigenvalue weighted by Gasteiger charge is -2.10. The molecule has 20 heavy (non-hydrogen) atoms. The van der Waals surface area contributed by atoms with Gasteiger partial charge < -0.3 is 0 Å². The summed E-state index contributed by atoms with van der Waals surface area (Å²) in [5.41, 5.74) is 3.39. The van der Waals surface area contributed by atoms with E-state index in [-0.39, 0.29) is 4.90 Å². The smallest absolute Gasteiger partial charge is 0.261 e. The molecule has 1 N–H and O–H groups in total. The molecular weight excluding hydrogens is 294 g/mol. The third kappa shape index (κ3) is 3.32. The van der Waals surface area contributed by atoms with Crippen molar-refractivity contribution < 1.29 is 8.42 Å². The average molecular weight is 310 g/mol. The molecule has 0 spiro atoms. The van der Waals surface area contributed by atoms with Crippen molar-refractivity contribution in [2.75, 3.05) is 4.72 Å². The molecule has 106 valence electrons. The minimum Gasteiger partial charge on any atom is -0.280 e. The molecule has 2 rings (SSSR count). The van der Waals surface area contributed by atoms with Crippen molar-refractivity contribution in [2.45, 2.75) is 24.6 Å². The van der Waals surface area contributed by atoms with Crippen LogP contribution >= 0.6 is 11.6 Å². The van der Waals surface area contributed by atoms with Crippen molar-refractivity contribution in [1.82, 2.24) is 0 Å². The molecule has 2 aromatic carbocycles. The van der Waals surface area contributed by atoms with E-state index < -0.39 is 10.0 Å². The van der Waals surface area contributed by atoms with Crippen LogP contribution in [0.2, 0.25) is 0 Å². The minimum atomic E-state index is -3.57. The predicted molar refractivity (Wildman–Crippen MR) is 82.7 cm³/mol. The highest BCUT2D eigenvalue weighted by atomic mass is 35.5. The summed E-state index contributed by atoms with van der Waals surface area (Å²) in [7, 11) is -3.57. The molecule has 0 unspecified atom stereocenters. The Labute approximate surface area is 124 Å². The van der Waals surface area contributed by atoms with Gasteiger partial charge in [-0.15, -0.1) is 11.6 Å². The van der Waals surface area contributed by atoms with E-state index in [1.165, 1.54) is 0 Å². The number of benzene rings is 2. The predicted octanol–water partition coefficient (Wildman–Crippen LogP) is 3.84. The van der Waals surface area contributed by atoms with Crippen molar-refractivity contribution >= 4 is 27.3 Å². The van der Waals surface area contributed by atoms with Crippen molar-refractivity contribution in [3.05, 3.63) is 59.2 Å². The van der Waals surface area contributed by atoms with E-state index in [2.05, 4.69) is 4.72 Å². The number of anilines is 1. The van der Waals surface area contributed by atoms with Gasteiger partial charge >= 0.3 is 0 Å². The van der Waals surface area contributed by atoms with Crippen LogP contribution in [-0.4, -0.2) is 8.42 Å². The molecule has 0 saturated carbocycles. The van der Waals surface area contributed by atoms with Crippen molar-refractivity contribution in [1.29, 1.82) is 0 Å². The fourth-order valence-electron chi connectivity index (χ4n) is 1.81. The van der Waals surface area contributed by atoms with E-state index in [4.69, 9.17) is 11.6 Å². The molecule has 0 saturated heterocycles. The Morgan fingerprint density at radius 2 is 1.80 bits per heavy atom. The molecule has 0 aliphatic rings. The lowest BCUT2D eigenvalue weighted by molar-refractivity contribution is 0.601. The first-order chi connectivity index (χ1) is 9.42. The summed E-state index contributed by atoms with van der Waals surface area (Å²) in [5, 5.41) is 0. The molecule has 0 radical (unpaired) electrons. The van der Waals surface area contributed by atoms with Gasteiger partial charge in [-0.05, 0) is 54.8 Å². The standard InChI is InChI=1S/C15H16ClNO2S/c1-11-6-7-15(8-12(11)2)20(18,19)17-14-5-3-4-13(9-14)10-16/h3-9,17H,10H2,1-2H3. The van der Waals surface area contributed by atoms with Crippen molar-refractivity contribution in [2.24, 2.45) is 0 Å². The number of sulfonamides is 1. The Morgan fingerprint density at radius 1 is 1.05 bits per heavy atom. The topological polar surface area (TPSA) is 46.2 Å². The zero-order valence-corrected chi connectivity index (χ0v) is 12.9. The molecule has 0 aliphatic heterocycles. The van der Waals surface area contributed by atoms with Crippen LogP contribution < -0.4 is 4.72 Å². The maximum absolute atomic E-state index is 12.3. The van der Waals surface area contributed by atoms with E-state index >= 15 is 0 Å². The summed E-state index contributed by atoms with van der Waals surface area (Å²) in [6.45, 7) is 3.84. The molecule has 0 heterocycles. The minimum absolute atomic E-state index is 0.261. The Balaban J connectivity index is 2.32. The fourth-order valence-corrected chi connectivity index (χ4v) is 3.11. The quantitative estimate of drug-likeness (QED) is 0.872. The van der Waals surface area contributed by atoms with Crippen LogP contribution in [0.5, 0.6) is 0 Å². The zero-order valence-electron chi connectivity index (χ0n) is 11.4. The van der Waals surface area contributed by atoms with E-state index in [1.807, 2.05) is 19.9 Å². The second kappa shape index (κ2) is 5.85. The molecule has 0 bridgehead atoms. The van der Waals surface area contributed by atoms with Gasteiger partial charge in [0.05, 0.1) is 4.90 Å². The van der Waals surface area contributed by atoms with E-state index in [1.54, 1.807) is 36.4 Å². The highest BCUT2D eigenvalue weighted by Gasteiger charge is 2.14. The first kappa shape index (κ1) is 14.9. The number of halogens is 1. The summed E-state index contributed by atoms with van der Waals surface area (Å²) in [6.07, 6.45) is 0. The second-order valence-corrected chi connectivity index (χ2v) is 6.64. The number of alkyl halides is 1. The normalized spacial score (nSPS) is 11.3.